The minimum Gasteiger partial charge on any atom is -0.352 e. The van der Waals surface area contributed by atoms with Gasteiger partial charge in [0.05, 0.1) is 0 Å². The maximum atomic E-state index is 4.87. The third-order valence-electron chi connectivity index (χ3n) is 4.39. The molecule has 1 aromatic carbocycles. The van der Waals surface area contributed by atoms with Gasteiger partial charge in [-0.15, -0.1) is 0 Å². The Balaban J connectivity index is 1.83. The average molecular weight is 310 g/mol. The average Bonchev–Trinajstić information content (AvgIpc) is 2.61. The third kappa shape index (κ3) is 4.01. The van der Waals surface area contributed by atoms with Crippen molar-refractivity contribution in [3.05, 3.63) is 47.7 Å². The van der Waals surface area contributed by atoms with Crippen LogP contribution in [0, 0.1) is 6.92 Å². The molecule has 4 nitrogen and oxygen atoms in total. The van der Waals surface area contributed by atoms with Gasteiger partial charge in [-0.05, 0) is 38.7 Å². The zero-order valence-electron chi connectivity index (χ0n) is 14.2. The molecule has 122 valence electrons. The van der Waals surface area contributed by atoms with Crippen molar-refractivity contribution in [3.8, 4) is 0 Å². The Morgan fingerprint density at radius 2 is 1.78 bits per heavy atom. The molecular formula is C19H26N4. The summed E-state index contributed by atoms with van der Waals surface area (Å²) in [5, 5.41) is 0. The topological polar surface area (TPSA) is 32.3 Å². The van der Waals surface area contributed by atoms with E-state index in [0.29, 0.717) is 0 Å². The number of benzene rings is 1. The first-order chi connectivity index (χ1) is 11.3. The summed E-state index contributed by atoms with van der Waals surface area (Å²) in [4.78, 5) is 14.2. The Hall–Kier alpha value is -2.10. The van der Waals surface area contributed by atoms with Crippen LogP contribution in [0.5, 0.6) is 0 Å². The van der Waals surface area contributed by atoms with Crippen LogP contribution in [-0.4, -0.2) is 29.6 Å². The van der Waals surface area contributed by atoms with Gasteiger partial charge < -0.3 is 9.80 Å². The predicted molar refractivity (Wildman–Crippen MR) is 96.0 cm³/mol. The number of aryl methyl sites for hydroxylation is 1. The number of aromatic nitrogens is 2. The summed E-state index contributed by atoms with van der Waals surface area (Å²) in [6, 6.07) is 12.7. The second-order valence-corrected chi connectivity index (χ2v) is 6.22. The third-order valence-corrected chi connectivity index (χ3v) is 4.39. The molecule has 0 amide bonds. The van der Waals surface area contributed by atoms with Crippen LogP contribution in [0.3, 0.4) is 0 Å². The first-order valence-electron chi connectivity index (χ1n) is 8.66. The molecule has 1 fully saturated rings. The summed E-state index contributed by atoms with van der Waals surface area (Å²) in [7, 11) is 0. The summed E-state index contributed by atoms with van der Waals surface area (Å²) in [5.74, 6) is 1.93. The Labute approximate surface area is 139 Å². The van der Waals surface area contributed by atoms with Gasteiger partial charge in [-0.1, -0.05) is 30.3 Å². The van der Waals surface area contributed by atoms with Crippen LogP contribution in [0.25, 0.3) is 0 Å². The van der Waals surface area contributed by atoms with Crippen LogP contribution in [0.2, 0.25) is 0 Å². The van der Waals surface area contributed by atoms with Crippen LogP contribution in [0.4, 0.5) is 11.8 Å². The standard InChI is InChI=1S/C19H26N4/c1-3-22(15-17-10-6-4-7-11-17)18-14-16(2)20-19(21-18)23-12-8-5-9-13-23/h4,6-7,10-11,14H,3,5,8-9,12-13,15H2,1-2H3. The molecule has 3 rings (SSSR count). The number of hydrogen-bond donors (Lipinski definition) is 0. The smallest absolute Gasteiger partial charge is 0.227 e. The van der Waals surface area contributed by atoms with E-state index in [1.807, 2.05) is 0 Å². The van der Waals surface area contributed by atoms with Crippen molar-refractivity contribution < 1.29 is 0 Å². The molecule has 0 atom stereocenters. The first-order valence-corrected chi connectivity index (χ1v) is 8.66. The van der Waals surface area contributed by atoms with E-state index in [9.17, 15) is 0 Å². The van der Waals surface area contributed by atoms with Gasteiger partial charge in [0.1, 0.15) is 5.82 Å². The lowest BCUT2D eigenvalue weighted by Gasteiger charge is -2.29. The molecule has 2 heterocycles. The largest absolute Gasteiger partial charge is 0.352 e. The maximum Gasteiger partial charge on any atom is 0.227 e. The normalized spacial score (nSPS) is 14.8. The number of hydrogen-bond acceptors (Lipinski definition) is 4. The molecule has 1 saturated heterocycles. The number of anilines is 2. The Morgan fingerprint density at radius 3 is 2.48 bits per heavy atom. The van der Waals surface area contributed by atoms with Gasteiger partial charge in [-0.3, -0.25) is 0 Å². The van der Waals surface area contributed by atoms with E-state index in [1.54, 1.807) is 0 Å². The van der Waals surface area contributed by atoms with Crippen LogP contribution < -0.4 is 9.80 Å². The van der Waals surface area contributed by atoms with Crippen molar-refractivity contribution in [1.29, 1.82) is 0 Å². The van der Waals surface area contributed by atoms with Crippen LogP contribution in [0.1, 0.15) is 37.4 Å². The second-order valence-electron chi connectivity index (χ2n) is 6.22. The number of piperidine rings is 1. The fourth-order valence-electron chi connectivity index (χ4n) is 3.09. The molecule has 1 aromatic heterocycles. The van der Waals surface area contributed by atoms with Crippen LogP contribution >= 0.6 is 0 Å². The van der Waals surface area contributed by atoms with Crippen molar-refractivity contribution in [2.45, 2.75) is 39.7 Å². The molecule has 23 heavy (non-hydrogen) atoms. The highest BCUT2D eigenvalue weighted by molar-refractivity contribution is 5.46. The Kier molecular flexibility index (Phi) is 5.11. The van der Waals surface area contributed by atoms with Gasteiger partial charge in [0.2, 0.25) is 5.95 Å². The minimum absolute atomic E-state index is 0.882. The van der Waals surface area contributed by atoms with Gasteiger partial charge >= 0.3 is 0 Å². The second kappa shape index (κ2) is 7.44. The summed E-state index contributed by atoms with van der Waals surface area (Å²) >= 11 is 0. The molecular weight excluding hydrogens is 284 g/mol. The molecule has 2 aromatic rings. The van der Waals surface area contributed by atoms with Crippen molar-refractivity contribution in [1.82, 2.24) is 9.97 Å². The molecule has 1 aliphatic rings. The molecule has 0 radical (unpaired) electrons. The summed E-state index contributed by atoms with van der Waals surface area (Å²) in [6.45, 7) is 8.22. The Morgan fingerprint density at radius 1 is 1.04 bits per heavy atom. The predicted octanol–water partition coefficient (Wildman–Crippen LogP) is 3.80. The zero-order valence-corrected chi connectivity index (χ0v) is 14.2. The highest BCUT2D eigenvalue weighted by atomic mass is 15.3. The summed E-state index contributed by atoms with van der Waals surface area (Å²) in [6.07, 6.45) is 3.81. The van der Waals surface area contributed by atoms with Crippen LogP contribution in [-0.2, 0) is 6.54 Å². The van der Waals surface area contributed by atoms with Crippen molar-refractivity contribution in [2.24, 2.45) is 0 Å². The van der Waals surface area contributed by atoms with Crippen molar-refractivity contribution >= 4 is 11.8 Å². The molecule has 0 saturated carbocycles. The van der Waals surface area contributed by atoms with Crippen molar-refractivity contribution in [2.75, 3.05) is 29.4 Å². The molecule has 0 aliphatic carbocycles. The van der Waals surface area contributed by atoms with Gasteiger partial charge in [0.25, 0.3) is 0 Å². The SMILES string of the molecule is CCN(Cc1ccccc1)c1cc(C)nc(N2CCCCC2)n1. The first kappa shape index (κ1) is 15.8. The maximum absolute atomic E-state index is 4.87. The van der Waals surface area contributed by atoms with E-state index in [0.717, 1.165) is 43.6 Å². The van der Waals surface area contributed by atoms with E-state index >= 15 is 0 Å². The summed E-state index contributed by atoms with van der Waals surface area (Å²) in [5.41, 5.74) is 2.35. The van der Waals surface area contributed by atoms with E-state index in [-0.39, 0.29) is 0 Å². The fraction of sp³-hybridized carbons (Fsp3) is 0.474. The monoisotopic (exact) mass is 310 g/mol. The van der Waals surface area contributed by atoms with Gasteiger partial charge in [-0.25, -0.2) is 4.98 Å². The van der Waals surface area contributed by atoms with Crippen molar-refractivity contribution in [3.63, 3.8) is 0 Å². The molecule has 0 unspecified atom stereocenters. The lowest BCUT2D eigenvalue weighted by Crippen LogP contribution is -2.32. The highest BCUT2D eigenvalue weighted by Gasteiger charge is 2.16. The van der Waals surface area contributed by atoms with Gasteiger partial charge in [-0.2, -0.15) is 4.98 Å². The minimum atomic E-state index is 0.882. The molecule has 0 spiro atoms. The zero-order chi connectivity index (χ0) is 16.1. The lowest BCUT2D eigenvalue weighted by atomic mass is 10.1. The van der Waals surface area contributed by atoms with E-state index in [4.69, 9.17) is 4.98 Å². The number of nitrogens with zero attached hydrogens (tertiary/aromatic N) is 4. The van der Waals surface area contributed by atoms with E-state index < -0.39 is 0 Å². The Bertz CT molecular complexity index is 621. The molecule has 4 heteroatoms. The molecule has 0 N–H and O–H groups in total. The quantitative estimate of drug-likeness (QED) is 0.841. The molecule has 1 aliphatic heterocycles. The van der Waals surface area contributed by atoms with Gasteiger partial charge in [0, 0.05) is 37.9 Å². The molecule has 0 bridgehead atoms. The van der Waals surface area contributed by atoms with Crippen LogP contribution in [0.15, 0.2) is 36.4 Å². The van der Waals surface area contributed by atoms with E-state index in [1.165, 1.54) is 24.8 Å². The number of rotatable bonds is 5. The lowest BCUT2D eigenvalue weighted by molar-refractivity contribution is 0.567. The van der Waals surface area contributed by atoms with E-state index in [2.05, 4.69) is 65.0 Å². The summed E-state index contributed by atoms with van der Waals surface area (Å²) < 4.78 is 0. The highest BCUT2D eigenvalue weighted by Crippen LogP contribution is 2.21. The fourth-order valence-corrected chi connectivity index (χ4v) is 3.09. The van der Waals surface area contributed by atoms with Gasteiger partial charge in [0.15, 0.2) is 0 Å².